The van der Waals surface area contributed by atoms with Crippen LogP contribution in [0.2, 0.25) is 0 Å². The molecule has 0 amide bonds. The molecule has 0 saturated heterocycles. The maximum atomic E-state index is 11.1. The summed E-state index contributed by atoms with van der Waals surface area (Å²) in [6.07, 6.45) is 4.95. The van der Waals surface area contributed by atoms with E-state index in [4.69, 9.17) is 5.73 Å². The average Bonchev–Trinajstić information content (AvgIpc) is 2.00. The van der Waals surface area contributed by atoms with Crippen molar-refractivity contribution in [3.63, 3.8) is 0 Å². The molecule has 0 bridgehead atoms. The van der Waals surface area contributed by atoms with E-state index >= 15 is 0 Å². The van der Waals surface area contributed by atoms with Gasteiger partial charge in [-0.1, -0.05) is 25.8 Å². The van der Waals surface area contributed by atoms with Crippen molar-refractivity contribution in [1.29, 1.82) is 0 Å². The minimum Gasteiger partial charge on any atom is -0.321 e. The molecule has 0 saturated carbocycles. The van der Waals surface area contributed by atoms with Crippen molar-refractivity contribution in [3.05, 3.63) is 12.7 Å². The molecule has 0 aromatic rings. The summed E-state index contributed by atoms with van der Waals surface area (Å²) in [5.41, 5.74) is 5.59. The number of allylic oxidation sites excluding steroid dienone is 1. The van der Waals surface area contributed by atoms with Crippen LogP contribution >= 0.6 is 0 Å². The van der Waals surface area contributed by atoms with Crippen LogP contribution in [0.1, 0.15) is 32.6 Å². The van der Waals surface area contributed by atoms with Gasteiger partial charge in [-0.05, 0) is 6.42 Å². The highest BCUT2D eigenvalue weighted by Crippen LogP contribution is 2.01. The van der Waals surface area contributed by atoms with Crippen LogP contribution in [0.25, 0.3) is 0 Å². The summed E-state index contributed by atoms with van der Waals surface area (Å²) < 4.78 is 0. The van der Waals surface area contributed by atoms with Crippen LogP contribution in [0.5, 0.6) is 0 Å². The molecular weight excluding hydrogens is 138 g/mol. The summed E-state index contributed by atoms with van der Waals surface area (Å²) in [5, 5.41) is 0. The first kappa shape index (κ1) is 10.4. The minimum atomic E-state index is -0.270. The lowest BCUT2D eigenvalue weighted by atomic mass is 10.0. The number of Topliss-reactive ketones (excluding diaryl/α,β-unsaturated/α-hetero) is 1. The summed E-state index contributed by atoms with van der Waals surface area (Å²) in [4.78, 5) is 11.1. The summed E-state index contributed by atoms with van der Waals surface area (Å²) in [5.74, 6) is 0.105. The molecule has 0 rings (SSSR count). The first-order valence-corrected chi connectivity index (χ1v) is 4.11. The Balaban J connectivity index is 3.54. The Bertz CT molecular complexity index is 132. The maximum Gasteiger partial charge on any atom is 0.153 e. The lowest BCUT2D eigenvalue weighted by Gasteiger charge is -2.06. The zero-order valence-corrected chi connectivity index (χ0v) is 7.18. The zero-order valence-electron chi connectivity index (χ0n) is 7.18. The van der Waals surface area contributed by atoms with Crippen molar-refractivity contribution in [2.24, 2.45) is 5.73 Å². The SMILES string of the molecule is C=CCC(=O)C(N)CCCC. The molecule has 2 nitrogen and oxygen atoms in total. The fraction of sp³-hybridized carbons (Fsp3) is 0.667. The number of ketones is 1. The first-order valence-electron chi connectivity index (χ1n) is 4.11. The number of nitrogens with two attached hydrogens (primary N) is 1. The molecule has 0 heterocycles. The van der Waals surface area contributed by atoms with E-state index in [1.807, 2.05) is 0 Å². The number of carbonyl (C=O) groups excluding carboxylic acids is 1. The van der Waals surface area contributed by atoms with E-state index in [9.17, 15) is 4.79 Å². The minimum absolute atomic E-state index is 0.105. The molecule has 0 radical (unpaired) electrons. The van der Waals surface area contributed by atoms with Gasteiger partial charge in [0.1, 0.15) is 0 Å². The third-order valence-electron chi connectivity index (χ3n) is 1.63. The molecule has 0 spiro atoms. The molecule has 0 aromatic heterocycles. The van der Waals surface area contributed by atoms with Crippen LogP contribution in [0.15, 0.2) is 12.7 Å². The standard InChI is InChI=1S/C9H17NO/c1-3-5-7-8(10)9(11)6-4-2/h4,8H,2-3,5-7,10H2,1H3. The molecule has 2 N–H and O–H groups in total. The lowest BCUT2D eigenvalue weighted by molar-refractivity contribution is -0.119. The van der Waals surface area contributed by atoms with Crippen LogP contribution < -0.4 is 5.73 Å². The van der Waals surface area contributed by atoms with E-state index < -0.39 is 0 Å². The monoisotopic (exact) mass is 155 g/mol. The van der Waals surface area contributed by atoms with Crippen LogP contribution in [0.3, 0.4) is 0 Å². The van der Waals surface area contributed by atoms with E-state index in [0.717, 1.165) is 19.3 Å². The molecule has 0 aromatic carbocycles. The summed E-state index contributed by atoms with van der Waals surface area (Å²) >= 11 is 0. The number of hydrogen-bond acceptors (Lipinski definition) is 2. The second-order valence-electron chi connectivity index (χ2n) is 2.71. The molecule has 64 valence electrons. The highest BCUT2D eigenvalue weighted by Gasteiger charge is 2.09. The maximum absolute atomic E-state index is 11.1. The van der Waals surface area contributed by atoms with Crippen LogP contribution in [-0.4, -0.2) is 11.8 Å². The van der Waals surface area contributed by atoms with Gasteiger partial charge in [-0.15, -0.1) is 6.58 Å². The zero-order chi connectivity index (χ0) is 8.69. The molecule has 0 aliphatic heterocycles. The smallest absolute Gasteiger partial charge is 0.153 e. The molecule has 0 aliphatic rings. The van der Waals surface area contributed by atoms with Crippen molar-refractivity contribution in [2.45, 2.75) is 38.6 Å². The molecule has 0 aliphatic carbocycles. The highest BCUT2D eigenvalue weighted by molar-refractivity contribution is 5.84. The predicted molar refractivity (Wildman–Crippen MR) is 47.3 cm³/mol. The van der Waals surface area contributed by atoms with Gasteiger partial charge in [0.25, 0.3) is 0 Å². The molecule has 0 fully saturated rings. The van der Waals surface area contributed by atoms with E-state index in [1.165, 1.54) is 0 Å². The van der Waals surface area contributed by atoms with Gasteiger partial charge in [-0.2, -0.15) is 0 Å². The summed E-state index contributed by atoms with van der Waals surface area (Å²) in [6, 6.07) is -0.270. The number of carbonyl (C=O) groups is 1. The van der Waals surface area contributed by atoms with Gasteiger partial charge in [0.15, 0.2) is 5.78 Å². The first-order chi connectivity index (χ1) is 5.22. The highest BCUT2D eigenvalue weighted by atomic mass is 16.1. The average molecular weight is 155 g/mol. The molecule has 11 heavy (non-hydrogen) atoms. The largest absolute Gasteiger partial charge is 0.321 e. The van der Waals surface area contributed by atoms with E-state index in [0.29, 0.717) is 6.42 Å². The second kappa shape index (κ2) is 6.10. The third kappa shape index (κ3) is 4.73. The third-order valence-corrected chi connectivity index (χ3v) is 1.63. The Kier molecular flexibility index (Phi) is 5.75. The van der Waals surface area contributed by atoms with Crippen LogP contribution in [-0.2, 0) is 4.79 Å². The van der Waals surface area contributed by atoms with Gasteiger partial charge < -0.3 is 5.73 Å². The van der Waals surface area contributed by atoms with Crippen molar-refractivity contribution in [3.8, 4) is 0 Å². The van der Waals surface area contributed by atoms with E-state index in [2.05, 4.69) is 13.5 Å². The molecular formula is C9H17NO. The molecule has 1 atom stereocenters. The van der Waals surface area contributed by atoms with Crippen LogP contribution in [0, 0.1) is 0 Å². The van der Waals surface area contributed by atoms with Gasteiger partial charge >= 0.3 is 0 Å². The van der Waals surface area contributed by atoms with Crippen LogP contribution in [0.4, 0.5) is 0 Å². The number of hydrogen-bond donors (Lipinski definition) is 1. The summed E-state index contributed by atoms with van der Waals surface area (Å²) in [6.45, 7) is 5.57. The van der Waals surface area contributed by atoms with Gasteiger partial charge in [0.05, 0.1) is 6.04 Å². The van der Waals surface area contributed by atoms with Crippen molar-refractivity contribution in [1.82, 2.24) is 0 Å². The normalized spacial score (nSPS) is 12.5. The predicted octanol–water partition coefficient (Wildman–Crippen LogP) is 1.65. The summed E-state index contributed by atoms with van der Waals surface area (Å²) in [7, 11) is 0. The van der Waals surface area contributed by atoms with Crippen molar-refractivity contribution < 1.29 is 4.79 Å². The second-order valence-corrected chi connectivity index (χ2v) is 2.71. The fourth-order valence-corrected chi connectivity index (χ4v) is 0.879. The molecule has 1 unspecified atom stereocenters. The van der Waals surface area contributed by atoms with Gasteiger partial charge in [-0.3, -0.25) is 4.79 Å². The Morgan fingerprint density at radius 3 is 2.82 bits per heavy atom. The van der Waals surface area contributed by atoms with Crippen molar-refractivity contribution >= 4 is 5.78 Å². The van der Waals surface area contributed by atoms with Gasteiger partial charge in [-0.25, -0.2) is 0 Å². The van der Waals surface area contributed by atoms with Crippen molar-refractivity contribution in [2.75, 3.05) is 0 Å². The Labute approximate surface area is 68.5 Å². The molecule has 2 heteroatoms. The van der Waals surface area contributed by atoms with Gasteiger partial charge in [0.2, 0.25) is 0 Å². The lowest BCUT2D eigenvalue weighted by Crippen LogP contribution is -2.29. The Morgan fingerprint density at radius 2 is 2.36 bits per heavy atom. The van der Waals surface area contributed by atoms with Gasteiger partial charge in [0, 0.05) is 6.42 Å². The van der Waals surface area contributed by atoms with E-state index in [-0.39, 0.29) is 11.8 Å². The quantitative estimate of drug-likeness (QED) is 0.593. The topological polar surface area (TPSA) is 43.1 Å². The Morgan fingerprint density at radius 1 is 1.73 bits per heavy atom. The number of unbranched alkanes of at least 4 members (excludes halogenated alkanes) is 1. The number of rotatable bonds is 6. The Hall–Kier alpha value is -0.630. The van der Waals surface area contributed by atoms with E-state index in [1.54, 1.807) is 6.08 Å². The fourth-order valence-electron chi connectivity index (χ4n) is 0.879.